The number of ether oxygens (including phenoxy) is 2. The largest absolute Gasteiger partial charge is 0.493 e. The van der Waals surface area contributed by atoms with Crippen LogP contribution in [0.4, 0.5) is 0 Å². The number of nitrogens with one attached hydrogen (secondary N) is 1. The summed E-state index contributed by atoms with van der Waals surface area (Å²) in [6, 6.07) is 8.91. The molecule has 1 aromatic carbocycles. The van der Waals surface area contributed by atoms with Crippen molar-refractivity contribution >= 4 is 0 Å². The Bertz CT molecular complexity index is 767. The van der Waals surface area contributed by atoms with E-state index in [1.807, 2.05) is 6.92 Å². The van der Waals surface area contributed by atoms with Gasteiger partial charge in [-0.3, -0.25) is 0 Å². The topological polar surface area (TPSA) is 56.5 Å². The van der Waals surface area contributed by atoms with Crippen molar-refractivity contribution < 1.29 is 14.0 Å². The van der Waals surface area contributed by atoms with Gasteiger partial charge in [-0.05, 0) is 69.1 Å². The lowest BCUT2D eigenvalue weighted by Crippen LogP contribution is -2.32. The molecule has 5 nitrogen and oxygen atoms in total. The summed E-state index contributed by atoms with van der Waals surface area (Å²) in [6.45, 7) is 2.82. The first-order valence-corrected chi connectivity index (χ1v) is 10.7. The molecule has 5 heteroatoms. The van der Waals surface area contributed by atoms with Gasteiger partial charge in [0.1, 0.15) is 5.76 Å². The van der Waals surface area contributed by atoms with Crippen molar-refractivity contribution in [2.24, 2.45) is 5.92 Å². The Hall–Kier alpha value is -2.01. The number of hydrogen-bond acceptors (Lipinski definition) is 5. The first-order valence-electron chi connectivity index (χ1n) is 10.7. The van der Waals surface area contributed by atoms with E-state index in [0.29, 0.717) is 18.1 Å². The predicted octanol–water partition coefficient (Wildman–Crippen LogP) is 4.81. The number of rotatable bonds is 8. The minimum Gasteiger partial charge on any atom is -0.493 e. The summed E-state index contributed by atoms with van der Waals surface area (Å²) in [5, 5.41) is 7.78. The number of nitrogens with zero attached hydrogens (tertiary/aromatic N) is 1. The highest BCUT2D eigenvalue weighted by molar-refractivity contribution is 5.43. The summed E-state index contributed by atoms with van der Waals surface area (Å²) in [6.07, 6.45) is 9.89. The van der Waals surface area contributed by atoms with Crippen molar-refractivity contribution in [3.63, 3.8) is 0 Å². The highest BCUT2D eigenvalue weighted by Crippen LogP contribution is 2.33. The van der Waals surface area contributed by atoms with E-state index in [2.05, 4.69) is 34.7 Å². The van der Waals surface area contributed by atoms with Crippen LogP contribution in [0.1, 0.15) is 62.0 Å². The van der Waals surface area contributed by atoms with Crippen molar-refractivity contribution in [1.82, 2.24) is 10.5 Å². The number of benzene rings is 1. The molecule has 0 amide bonds. The van der Waals surface area contributed by atoms with Gasteiger partial charge in [0.15, 0.2) is 11.5 Å². The molecule has 0 saturated heterocycles. The molecule has 2 aliphatic rings. The summed E-state index contributed by atoms with van der Waals surface area (Å²) in [5.74, 6) is 3.33. The Morgan fingerprint density at radius 2 is 1.93 bits per heavy atom. The van der Waals surface area contributed by atoms with Crippen LogP contribution >= 0.6 is 0 Å². The van der Waals surface area contributed by atoms with E-state index in [0.717, 1.165) is 48.8 Å². The van der Waals surface area contributed by atoms with E-state index in [9.17, 15) is 0 Å². The Morgan fingerprint density at radius 3 is 2.68 bits per heavy atom. The normalized spacial score (nSPS) is 22.6. The van der Waals surface area contributed by atoms with Gasteiger partial charge in [0.05, 0.1) is 18.9 Å². The van der Waals surface area contributed by atoms with Gasteiger partial charge >= 0.3 is 0 Å². The molecule has 2 atom stereocenters. The van der Waals surface area contributed by atoms with E-state index in [1.165, 1.54) is 37.7 Å². The van der Waals surface area contributed by atoms with Gasteiger partial charge in [0, 0.05) is 25.1 Å². The molecule has 28 heavy (non-hydrogen) atoms. The van der Waals surface area contributed by atoms with Crippen LogP contribution in [0.15, 0.2) is 28.8 Å². The fourth-order valence-corrected chi connectivity index (χ4v) is 4.67. The number of hydrogen-bond donors (Lipinski definition) is 1. The zero-order valence-electron chi connectivity index (χ0n) is 17.1. The van der Waals surface area contributed by atoms with Gasteiger partial charge < -0.3 is 19.3 Å². The molecule has 2 fully saturated rings. The monoisotopic (exact) mass is 384 g/mol. The molecule has 2 saturated carbocycles. The smallest absolute Gasteiger partial charge is 0.161 e. The molecule has 0 bridgehead atoms. The van der Waals surface area contributed by atoms with E-state index < -0.39 is 0 Å². The second kappa shape index (κ2) is 8.99. The second-order valence-corrected chi connectivity index (χ2v) is 8.33. The summed E-state index contributed by atoms with van der Waals surface area (Å²) in [5.41, 5.74) is 2.20. The minimum atomic E-state index is 0.344. The lowest BCUT2D eigenvalue weighted by molar-refractivity contribution is 0.200. The van der Waals surface area contributed by atoms with Crippen molar-refractivity contribution in [3.8, 4) is 11.5 Å². The number of aromatic nitrogens is 1. The van der Waals surface area contributed by atoms with Crippen LogP contribution in [0.2, 0.25) is 0 Å². The molecule has 0 unspecified atom stereocenters. The molecule has 152 valence electrons. The van der Waals surface area contributed by atoms with Gasteiger partial charge in [0.25, 0.3) is 0 Å². The molecule has 2 aliphatic carbocycles. The zero-order valence-corrected chi connectivity index (χ0v) is 17.1. The van der Waals surface area contributed by atoms with E-state index in [4.69, 9.17) is 14.0 Å². The number of aryl methyl sites for hydroxylation is 1. The van der Waals surface area contributed by atoms with Gasteiger partial charge in [0.2, 0.25) is 0 Å². The Morgan fingerprint density at radius 1 is 1.07 bits per heavy atom. The number of methoxy groups -OCH3 is 1. The molecule has 1 N–H and O–H groups in total. The third-order valence-corrected chi connectivity index (χ3v) is 6.19. The highest BCUT2D eigenvalue weighted by Gasteiger charge is 2.28. The summed E-state index contributed by atoms with van der Waals surface area (Å²) in [7, 11) is 1.72. The summed E-state index contributed by atoms with van der Waals surface area (Å²) in [4.78, 5) is 0. The molecule has 1 aromatic heterocycles. The second-order valence-electron chi connectivity index (χ2n) is 8.33. The van der Waals surface area contributed by atoms with Crippen molar-refractivity contribution in [2.75, 3.05) is 7.11 Å². The van der Waals surface area contributed by atoms with Gasteiger partial charge in [-0.15, -0.1) is 0 Å². The maximum Gasteiger partial charge on any atom is 0.161 e. The van der Waals surface area contributed by atoms with Crippen LogP contribution in [-0.2, 0) is 13.0 Å². The quantitative estimate of drug-likeness (QED) is 0.707. The zero-order chi connectivity index (χ0) is 19.3. The summed E-state index contributed by atoms with van der Waals surface area (Å²) >= 11 is 0. The molecule has 1 heterocycles. The standard InChI is InChI=1S/C23H32N2O3/c1-16-12-20(28-25-16)14-18-6-5-9-21(18)24-15-17-10-11-22(23(13-17)26-2)27-19-7-3-4-8-19/h10-13,18-19,21,24H,3-9,14-15H2,1-2H3/t18-,21+/m0/s1. The molecule has 0 spiro atoms. The van der Waals surface area contributed by atoms with Crippen LogP contribution in [0.25, 0.3) is 0 Å². The van der Waals surface area contributed by atoms with Crippen LogP contribution in [0.5, 0.6) is 11.5 Å². The Kier molecular flexibility index (Phi) is 6.20. The van der Waals surface area contributed by atoms with Crippen LogP contribution < -0.4 is 14.8 Å². The molecule has 4 rings (SSSR count). The first-order chi connectivity index (χ1) is 13.7. The van der Waals surface area contributed by atoms with Gasteiger partial charge in [-0.25, -0.2) is 0 Å². The van der Waals surface area contributed by atoms with Gasteiger partial charge in [-0.1, -0.05) is 17.6 Å². The minimum absolute atomic E-state index is 0.344. The van der Waals surface area contributed by atoms with Crippen LogP contribution in [0.3, 0.4) is 0 Å². The van der Waals surface area contributed by atoms with E-state index in [-0.39, 0.29) is 0 Å². The fraction of sp³-hybridized carbons (Fsp3) is 0.609. The van der Waals surface area contributed by atoms with Crippen molar-refractivity contribution in [2.45, 2.75) is 77.0 Å². The van der Waals surface area contributed by atoms with Crippen LogP contribution in [-0.4, -0.2) is 24.4 Å². The van der Waals surface area contributed by atoms with Crippen LogP contribution in [0, 0.1) is 12.8 Å². The lowest BCUT2D eigenvalue weighted by Gasteiger charge is -2.21. The van der Waals surface area contributed by atoms with Crippen molar-refractivity contribution in [1.29, 1.82) is 0 Å². The van der Waals surface area contributed by atoms with Crippen molar-refractivity contribution in [3.05, 3.63) is 41.3 Å². The molecule has 0 radical (unpaired) electrons. The predicted molar refractivity (Wildman–Crippen MR) is 109 cm³/mol. The average Bonchev–Trinajstić information content (AvgIpc) is 3.45. The third-order valence-electron chi connectivity index (χ3n) is 6.19. The molecule has 2 aromatic rings. The van der Waals surface area contributed by atoms with Gasteiger partial charge in [-0.2, -0.15) is 0 Å². The SMILES string of the molecule is COc1cc(CN[C@@H]2CCC[C@H]2Cc2cc(C)no2)ccc1OC1CCCC1. The Labute approximate surface area is 167 Å². The Balaban J connectivity index is 1.34. The molecule has 0 aliphatic heterocycles. The fourth-order valence-electron chi connectivity index (χ4n) is 4.67. The lowest BCUT2D eigenvalue weighted by atomic mass is 9.97. The molecular formula is C23H32N2O3. The maximum absolute atomic E-state index is 6.15. The van der Waals surface area contributed by atoms with E-state index >= 15 is 0 Å². The first kappa shape index (κ1) is 19.3. The summed E-state index contributed by atoms with van der Waals surface area (Å²) < 4.78 is 17.2. The highest BCUT2D eigenvalue weighted by atomic mass is 16.5. The van der Waals surface area contributed by atoms with E-state index in [1.54, 1.807) is 7.11 Å². The average molecular weight is 385 g/mol. The molecular weight excluding hydrogens is 352 g/mol. The third kappa shape index (κ3) is 4.69. The maximum atomic E-state index is 6.15.